The molecule has 0 spiro atoms. The standard InChI is InChI=1S/C9H8ClN3OS/c1-14-8-6(3-2-4-11-8)9-13-12-7(5-10)15-9/h2-4H,5H2,1H3. The number of rotatable bonds is 3. The van der Waals surface area contributed by atoms with Gasteiger partial charge >= 0.3 is 0 Å². The van der Waals surface area contributed by atoms with Gasteiger partial charge in [0.2, 0.25) is 5.88 Å². The minimum absolute atomic E-state index is 0.375. The molecule has 0 saturated carbocycles. The SMILES string of the molecule is COc1ncccc1-c1nnc(CCl)s1. The van der Waals surface area contributed by atoms with Crippen LogP contribution in [0.4, 0.5) is 0 Å². The first-order valence-corrected chi connectivity index (χ1v) is 5.58. The van der Waals surface area contributed by atoms with Crippen molar-refractivity contribution in [2.75, 3.05) is 7.11 Å². The van der Waals surface area contributed by atoms with E-state index in [0.29, 0.717) is 11.8 Å². The average Bonchev–Trinajstić information content (AvgIpc) is 2.77. The maximum atomic E-state index is 5.66. The van der Waals surface area contributed by atoms with Gasteiger partial charge in [0.1, 0.15) is 5.01 Å². The van der Waals surface area contributed by atoms with E-state index >= 15 is 0 Å². The van der Waals surface area contributed by atoms with Crippen LogP contribution >= 0.6 is 22.9 Å². The first-order chi connectivity index (χ1) is 7.35. The fourth-order valence-electron chi connectivity index (χ4n) is 1.13. The van der Waals surface area contributed by atoms with Gasteiger partial charge in [-0.05, 0) is 12.1 Å². The van der Waals surface area contributed by atoms with E-state index in [1.165, 1.54) is 11.3 Å². The zero-order valence-electron chi connectivity index (χ0n) is 7.98. The van der Waals surface area contributed by atoms with Gasteiger partial charge in [0.25, 0.3) is 0 Å². The summed E-state index contributed by atoms with van der Waals surface area (Å²) in [5, 5.41) is 9.53. The molecule has 2 rings (SSSR count). The number of hydrogen-bond donors (Lipinski definition) is 0. The van der Waals surface area contributed by atoms with Crippen LogP contribution in [0.25, 0.3) is 10.6 Å². The van der Waals surface area contributed by atoms with Gasteiger partial charge in [-0.15, -0.1) is 21.8 Å². The van der Waals surface area contributed by atoms with E-state index in [2.05, 4.69) is 15.2 Å². The molecule has 0 fully saturated rings. The maximum Gasteiger partial charge on any atom is 0.223 e. The Bertz CT molecular complexity index is 460. The molecule has 2 aromatic rings. The summed E-state index contributed by atoms with van der Waals surface area (Å²) in [6.45, 7) is 0. The largest absolute Gasteiger partial charge is 0.480 e. The molecule has 0 atom stereocenters. The predicted octanol–water partition coefficient (Wildman–Crippen LogP) is 2.35. The van der Waals surface area contributed by atoms with Crippen molar-refractivity contribution < 1.29 is 4.74 Å². The first-order valence-electron chi connectivity index (χ1n) is 4.23. The predicted molar refractivity (Wildman–Crippen MR) is 59.2 cm³/mol. The van der Waals surface area contributed by atoms with E-state index in [0.717, 1.165) is 15.6 Å². The lowest BCUT2D eigenvalue weighted by atomic mass is 10.3. The summed E-state index contributed by atoms with van der Waals surface area (Å²) in [6, 6.07) is 3.73. The van der Waals surface area contributed by atoms with Crippen molar-refractivity contribution in [1.82, 2.24) is 15.2 Å². The topological polar surface area (TPSA) is 47.9 Å². The summed E-state index contributed by atoms with van der Waals surface area (Å²) in [6.07, 6.45) is 1.67. The minimum atomic E-state index is 0.375. The molecule has 15 heavy (non-hydrogen) atoms. The highest BCUT2D eigenvalue weighted by molar-refractivity contribution is 7.14. The number of methoxy groups -OCH3 is 1. The van der Waals surface area contributed by atoms with E-state index < -0.39 is 0 Å². The number of halogens is 1. The van der Waals surface area contributed by atoms with Gasteiger partial charge in [-0.25, -0.2) is 4.98 Å². The number of aromatic nitrogens is 3. The molecule has 0 bridgehead atoms. The van der Waals surface area contributed by atoms with Crippen molar-refractivity contribution in [3.05, 3.63) is 23.3 Å². The van der Waals surface area contributed by atoms with Crippen LogP contribution in [-0.4, -0.2) is 22.3 Å². The molecule has 0 aliphatic rings. The lowest BCUT2D eigenvalue weighted by Gasteiger charge is -2.02. The average molecular weight is 242 g/mol. The molecule has 0 radical (unpaired) electrons. The van der Waals surface area contributed by atoms with Gasteiger partial charge < -0.3 is 4.74 Å². The molecule has 0 amide bonds. The molecule has 0 unspecified atom stereocenters. The Labute approximate surface area is 95.9 Å². The number of ether oxygens (including phenoxy) is 1. The fourth-order valence-corrected chi connectivity index (χ4v) is 2.06. The number of nitrogens with zero attached hydrogens (tertiary/aromatic N) is 3. The summed E-state index contributed by atoms with van der Waals surface area (Å²) in [5.41, 5.74) is 0.842. The quantitative estimate of drug-likeness (QED) is 0.774. The third-order valence-electron chi connectivity index (χ3n) is 1.78. The molecule has 2 heterocycles. The second-order valence-electron chi connectivity index (χ2n) is 2.69. The Morgan fingerprint density at radius 1 is 1.47 bits per heavy atom. The van der Waals surface area contributed by atoms with E-state index in [1.807, 2.05) is 12.1 Å². The van der Waals surface area contributed by atoms with Crippen LogP contribution in [0.15, 0.2) is 18.3 Å². The maximum absolute atomic E-state index is 5.66. The lowest BCUT2D eigenvalue weighted by molar-refractivity contribution is 0.399. The molecule has 4 nitrogen and oxygen atoms in total. The molecule has 2 aromatic heterocycles. The minimum Gasteiger partial charge on any atom is -0.480 e. The van der Waals surface area contributed by atoms with Gasteiger partial charge in [0, 0.05) is 6.20 Å². The Hall–Kier alpha value is -1.20. The monoisotopic (exact) mass is 241 g/mol. The third kappa shape index (κ3) is 2.08. The van der Waals surface area contributed by atoms with Crippen LogP contribution in [0.2, 0.25) is 0 Å². The van der Waals surface area contributed by atoms with E-state index in [4.69, 9.17) is 16.3 Å². The molecule has 6 heteroatoms. The summed E-state index contributed by atoms with van der Waals surface area (Å²) < 4.78 is 5.14. The van der Waals surface area contributed by atoms with Crippen LogP contribution in [0.5, 0.6) is 5.88 Å². The van der Waals surface area contributed by atoms with E-state index in [1.54, 1.807) is 13.3 Å². The van der Waals surface area contributed by atoms with Crippen LogP contribution in [0.3, 0.4) is 0 Å². The summed E-state index contributed by atoms with van der Waals surface area (Å²) in [7, 11) is 1.58. The smallest absolute Gasteiger partial charge is 0.223 e. The first kappa shape index (κ1) is 10.3. The van der Waals surface area contributed by atoms with Crippen molar-refractivity contribution in [1.29, 1.82) is 0 Å². The van der Waals surface area contributed by atoms with Gasteiger partial charge in [-0.2, -0.15) is 0 Å². The Kier molecular flexibility index (Phi) is 3.13. The van der Waals surface area contributed by atoms with Crippen LogP contribution in [0.1, 0.15) is 5.01 Å². The van der Waals surface area contributed by atoms with Crippen molar-refractivity contribution >= 4 is 22.9 Å². The molecule has 78 valence electrons. The molecule has 0 saturated heterocycles. The second-order valence-corrected chi connectivity index (χ2v) is 4.02. The summed E-state index contributed by atoms with van der Waals surface area (Å²) in [4.78, 5) is 4.09. The van der Waals surface area contributed by atoms with E-state index in [9.17, 15) is 0 Å². The third-order valence-corrected chi connectivity index (χ3v) is 3.14. The van der Waals surface area contributed by atoms with Crippen molar-refractivity contribution in [3.8, 4) is 16.5 Å². The highest BCUT2D eigenvalue weighted by atomic mass is 35.5. The van der Waals surface area contributed by atoms with E-state index in [-0.39, 0.29) is 0 Å². The second kappa shape index (κ2) is 4.55. The molecule has 0 aliphatic heterocycles. The van der Waals surface area contributed by atoms with Crippen LogP contribution < -0.4 is 4.74 Å². The summed E-state index contributed by atoms with van der Waals surface area (Å²) in [5.74, 6) is 0.926. The highest BCUT2D eigenvalue weighted by Crippen LogP contribution is 2.30. The molecule has 0 aliphatic carbocycles. The number of hydrogen-bond acceptors (Lipinski definition) is 5. The zero-order valence-corrected chi connectivity index (χ0v) is 9.55. The molecule has 0 aromatic carbocycles. The van der Waals surface area contributed by atoms with Crippen LogP contribution in [0, 0.1) is 0 Å². The van der Waals surface area contributed by atoms with Crippen molar-refractivity contribution in [3.63, 3.8) is 0 Å². The van der Waals surface area contributed by atoms with Crippen molar-refractivity contribution in [2.45, 2.75) is 5.88 Å². The van der Waals surface area contributed by atoms with Crippen LogP contribution in [-0.2, 0) is 5.88 Å². The Morgan fingerprint density at radius 2 is 2.33 bits per heavy atom. The van der Waals surface area contributed by atoms with Gasteiger partial charge in [-0.1, -0.05) is 11.3 Å². The number of alkyl halides is 1. The normalized spacial score (nSPS) is 10.3. The zero-order chi connectivity index (χ0) is 10.7. The Morgan fingerprint density at radius 3 is 3.00 bits per heavy atom. The Balaban J connectivity index is 2.44. The number of pyridine rings is 1. The molecular weight excluding hydrogens is 234 g/mol. The van der Waals surface area contributed by atoms with Crippen molar-refractivity contribution in [2.24, 2.45) is 0 Å². The molecular formula is C9H8ClN3OS. The van der Waals surface area contributed by atoms with Gasteiger partial charge in [0.05, 0.1) is 18.6 Å². The van der Waals surface area contributed by atoms with Gasteiger partial charge in [0.15, 0.2) is 5.01 Å². The molecule has 0 N–H and O–H groups in total. The highest BCUT2D eigenvalue weighted by Gasteiger charge is 2.11. The summed E-state index contributed by atoms with van der Waals surface area (Å²) >= 11 is 7.10. The lowest BCUT2D eigenvalue weighted by Crippen LogP contribution is -1.90. The van der Waals surface area contributed by atoms with Gasteiger partial charge in [-0.3, -0.25) is 0 Å². The fraction of sp³-hybridized carbons (Fsp3) is 0.222.